The fourth-order valence-electron chi connectivity index (χ4n) is 3.04. The number of rotatable bonds is 2. The van der Waals surface area contributed by atoms with Crippen LogP contribution in [0.2, 0.25) is 0 Å². The normalized spacial score (nSPS) is 27.4. The number of aliphatic hydroxyl groups excluding tert-OH is 1. The van der Waals surface area contributed by atoms with E-state index in [0.29, 0.717) is 0 Å². The molecule has 1 aromatic heterocycles. The largest absolute Gasteiger partial charge is 0.386 e. The molecular weight excluding hydrogens is 228 g/mol. The molecule has 0 aromatic carbocycles. The molecule has 0 radical (unpaired) electrons. The molecule has 102 valence electrons. The van der Waals surface area contributed by atoms with Gasteiger partial charge in [-0.3, -0.25) is 4.68 Å². The molecule has 0 amide bonds. The van der Waals surface area contributed by atoms with Crippen LogP contribution in [0.5, 0.6) is 0 Å². The molecule has 4 heteroatoms. The van der Waals surface area contributed by atoms with Crippen molar-refractivity contribution in [3.05, 3.63) is 17.5 Å². The summed E-state index contributed by atoms with van der Waals surface area (Å²) in [6, 6.07) is 1.95. The monoisotopic (exact) mass is 252 g/mol. The maximum atomic E-state index is 10.6. The number of ether oxygens (including phenoxy) is 1. The zero-order chi connectivity index (χ0) is 13.7. The molecule has 2 atom stereocenters. The fourth-order valence-corrected chi connectivity index (χ4v) is 3.04. The van der Waals surface area contributed by atoms with Crippen molar-refractivity contribution in [2.24, 2.45) is 13.0 Å². The summed E-state index contributed by atoms with van der Waals surface area (Å²) in [7, 11) is 1.89. The summed E-state index contributed by atoms with van der Waals surface area (Å²) in [5.41, 5.74) is 1.29. The lowest BCUT2D eigenvalue weighted by molar-refractivity contribution is -0.0884. The molecule has 0 aliphatic carbocycles. The van der Waals surface area contributed by atoms with Gasteiger partial charge >= 0.3 is 0 Å². The maximum absolute atomic E-state index is 10.6. The van der Waals surface area contributed by atoms with Crippen molar-refractivity contribution in [2.45, 2.75) is 58.3 Å². The highest BCUT2D eigenvalue weighted by molar-refractivity contribution is 5.14. The Labute approximate surface area is 109 Å². The van der Waals surface area contributed by atoms with Crippen LogP contribution in [0.4, 0.5) is 0 Å². The Morgan fingerprint density at radius 3 is 2.44 bits per heavy atom. The molecule has 1 N–H and O–H groups in total. The quantitative estimate of drug-likeness (QED) is 0.879. The van der Waals surface area contributed by atoms with Gasteiger partial charge in [-0.2, -0.15) is 5.10 Å². The van der Waals surface area contributed by atoms with Crippen molar-refractivity contribution in [2.75, 3.05) is 0 Å². The van der Waals surface area contributed by atoms with Crippen LogP contribution in [-0.4, -0.2) is 26.1 Å². The van der Waals surface area contributed by atoms with Crippen LogP contribution in [0.25, 0.3) is 0 Å². The van der Waals surface area contributed by atoms with Crippen molar-refractivity contribution in [1.82, 2.24) is 9.78 Å². The summed E-state index contributed by atoms with van der Waals surface area (Å²) in [4.78, 5) is 0. The second-order valence-corrected chi connectivity index (χ2v) is 6.55. The minimum Gasteiger partial charge on any atom is -0.386 e. The molecule has 1 aliphatic rings. The van der Waals surface area contributed by atoms with E-state index < -0.39 is 6.10 Å². The van der Waals surface area contributed by atoms with E-state index in [2.05, 4.69) is 18.9 Å². The minimum absolute atomic E-state index is 0.0711. The standard InChI is InChI=1S/C14H24N2O2/c1-9-7-11(15-16(9)6)12(17)10-8-13(2,3)18-14(10,4)5/h7,10,12,17H,8H2,1-6H3. The Kier molecular flexibility index (Phi) is 3.06. The zero-order valence-corrected chi connectivity index (χ0v) is 12.2. The van der Waals surface area contributed by atoms with Crippen LogP contribution >= 0.6 is 0 Å². The van der Waals surface area contributed by atoms with Gasteiger partial charge in [0.05, 0.1) is 16.9 Å². The molecule has 2 heterocycles. The Morgan fingerprint density at radius 1 is 1.44 bits per heavy atom. The summed E-state index contributed by atoms with van der Waals surface area (Å²) in [5.74, 6) is 0.0711. The van der Waals surface area contributed by atoms with Gasteiger partial charge in [-0.1, -0.05) is 0 Å². The van der Waals surface area contributed by atoms with Crippen molar-refractivity contribution < 1.29 is 9.84 Å². The third-order valence-corrected chi connectivity index (χ3v) is 3.96. The highest BCUT2D eigenvalue weighted by atomic mass is 16.5. The number of nitrogens with zero attached hydrogens (tertiary/aromatic N) is 2. The topological polar surface area (TPSA) is 47.3 Å². The SMILES string of the molecule is Cc1cc(C(O)C2CC(C)(C)OC2(C)C)nn1C. The van der Waals surface area contributed by atoms with Crippen molar-refractivity contribution in [3.63, 3.8) is 0 Å². The molecule has 1 aliphatic heterocycles. The smallest absolute Gasteiger partial charge is 0.103 e. The van der Waals surface area contributed by atoms with Gasteiger partial charge < -0.3 is 9.84 Å². The Balaban J connectivity index is 2.26. The molecule has 2 unspecified atom stereocenters. The number of hydrogen-bond donors (Lipinski definition) is 1. The summed E-state index contributed by atoms with van der Waals surface area (Å²) in [5, 5.41) is 14.9. The van der Waals surface area contributed by atoms with Gasteiger partial charge in [-0.05, 0) is 47.1 Å². The lowest BCUT2D eigenvalue weighted by Gasteiger charge is -2.29. The molecule has 0 spiro atoms. The Bertz CT molecular complexity index is 429. The molecular formula is C14H24N2O2. The fraction of sp³-hybridized carbons (Fsp3) is 0.786. The van der Waals surface area contributed by atoms with Gasteiger partial charge in [-0.25, -0.2) is 0 Å². The van der Waals surface area contributed by atoms with Crippen LogP contribution in [0.15, 0.2) is 6.07 Å². The summed E-state index contributed by atoms with van der Waals surface area (Å²) in [6.45, 7) is 10.2. The van der Waals surface area contributed by atoms with Crippen LogP contribution < -0.4 is 0 Å². The summed E-state index contributed by atoms with van der Waals surface area (Å²) >= 11 is 0. The van der Waals surface area contributed by atoms with Gasteiger partial charge in [0.2, 0.25) is 0 Å². The number of aromatic nitrogens is 2. The summed E-state index contributed by atoms with van der Waals surface area (Å²) in [6.07, 6.45) is 0.276. The zero-order valence-electron chi connectivity index (χ0n) is 12.2. The first-order valence-electron chi connectivity index (χ1n) is 6.51. The van der Waals surface area contributed by atoms with Crippen LogP contribution in [0.3, 0.4) is 0 Å². The highest BCUT2D eigenvalue weighted by Gasteiger charge is 2.49. The molecule has 1 saturated heterocycles. The third kappa shape index (κ3) is 2.31. The van der Waals surface area contributed by atoms with E-state index >= 15 is 0 Å². The molecule has 4 nitrogen and oxygen atoms in total. The van der Waals surface area contributed by atoms with Crippen LogP contribution in [0.1, 0.15) is 51.6 Å². The second-order valence-electron chi connectivity index (χ2n) is 6.55. The molecule has 18 heavy (non-hydrogen) atoms. The molecule has 0 saturated carbocycles. The third-order valence-electron chi connectivity index (χ3n) is 3.96. The molecule has 0 bridgehead atoms. The van der Waals surface area contributed by atoms with Crippen molar-refractivity contribution in [3.8, 4) is 0 Å². The lowest BCUT2D eigenvalue weighted by Crippen LogP contribution is -2.32. The maximum Gasteiger partial charge on any atom is 0.103 e. The van der Waals surface area contributed by atoms with E-state index in [1.807, 2.05) is 33.9 Å². The van der Waals surface area contributed by atoms with Gasteiger partial charge in [0.25, 0.3) is 0 Å². The average molecular weight is 252 g/mol. The summed E-state index contributed by atoms with van der Waals surface area (Å²) < 4.78 is 7.83. The Morgan fingerprint density at radius 2 is 2.06 bits per heavy atom. The molecule has 1 aromatic rings. The van der Waals surface area contributed by atoms with Crippen molar-refractivity contribution >= 4 is 0 Å². The van der Waals surface area contributed by atoms with Gasteiger partial charge in [0.1, 0.15) is 6.10 Å². The predicted octanol–water partition coefficient (Wildman–Crippen LogP) is 2.36. The van der Waals surface area contributed by atoms with E-state index in [1.54, 1.807) is 4.68 Å². The van der Waals surface area contributed by atoms with E-state index in [0.717, 1.165) is 17.8 Å². The van der Waals surface area contributed by atoms with Crippen LogP contribution in [-0.2, 0) is 11.8 Å². The van der Waals surface area contributed by atoms with Crippen LogP contribution in [0, 0.1) is 12.8 Å². The van der Waals surface area contributed by atoms with Gasteiger partial charge in [0.15, 0.2) is 0 Å². The first kappa shape index (κ1) is 13.6. The molecule has 1 fully saturated rings. The van der Waals surface area contributed by atoms with E-state index in [9.17, 15) is 5.11 Å². The average Bonchev–Trinajstić information content (AvgIpc) is 2.63. The van der Waals surface area contributed by atoms with Gasteiger partial charge in [-0.15, -0.1) is 0 Å². The van der Waals surface area contributed by atoms with E-state index in [4.69, 9.17) is 4.74 Å². The first-order chi connectivity index (χ1) is 8.12. The predicted molar refractivity (Wildman–Crippen MR) is 70.3 cm³/mol. The van der Waals surface area contributed by atoms with E-state index in [-0.39, 0.29) is 17.1 Å². The number of hydrogen-bond acceptors (Lipinski definition) is 3. The van der Waals surface area contributed by atoms with Crippen molar-refractivity contribution in [1.29, 1.82) is 0 Å². The molecule has 2 rings (SSSR count). The minimum atomic E-state index is -0.568. The number of aliphatic hydroxyl groups is 1. The highest BCUT2D eigenvalue weighted by Crippen LogP contribution is 2.47. The van der Waals surface area contributed by atoms with E-state index in [1.165, 1.54) is 0 Å². The lowest BCUT2D eigenvalue weighted by atomic mass is 9.82. The Hall–Kier alpha value is -0.870. The van der Waals surface area contributed by atoms with Gasteiger partial charge in [0, 0.05) is 18.7 Å². The number of aryl methyl sites for hydroxylation is 2. The first-order valence-corrected chi connectivity index (χ1v) is 6.51. The second kappa shape index (κ2) is 4.07.